The highest BCUT2D eigenvalue weighted by atomic mass is 35.5. The predicted molar refractivity (Wildman–Crippen MR) is 132 cm³/mol. The molecule has 1 N–H and O–H groups in total. The fourth-order valence-electron chi connectivity index (χ4n) is 3.96. The third kappa shape index (κ3) is 3.57. The Morgan fingerprint density at radius 2 is 1.71 bits per heavy atom. The number of rotatable bonds is 4. The highest BCUT2D eigenvalue weighted by Gasteiger charge is 2.28. The molecule has 6 rings (SSSR count). The molecular weight excluding hydrogens is 470 g/mol. The number of benzene rings is 2. The second kappa shape index (κ2) is 8.15. The maximum atomic E-state index is 6.16. The summed E-state index contributed by atoms with van der Waals surface area (Å²) in [6, 6.07) is 17.9. The molecule has 34 heavy (non-hydrogen) atoms. The van der Waals surface area contributed by atoms with Gasteiger partial charge in [-0.2, -0.15) is 10.3 Å². The van der Waals surface area contributed by atoms with Crippen molar-refractivity contribution in [1.82, 2.24) is 35.4 Å². The van der Waals surface area contributed by atoms with Gasteiger partial charge in [-0.25, -0.2) is 5.01 Å². The molecule has 168 valence electrons. The van der Waals surface area contributed by atoms with E-state index in [1.165, 1.54) is 4.88 Å². The minimum Gasteiger partial charge on any atom is -0.254 e. The number of hydrogen-bond acceptors (Lipinski definition) is 8. The van der Waals surface area contributed by atoms with Crippen LogP contribution in [0.1, 0.15) is 27.4 Å². The molecule has 9 nitrogen and oxygen atoms in total. The first-order valence-electron chi connectivity index (χ1n) is 10.5. The molecule has 11 heteroatoms. The topological polar surface area (TPSA) is 101 Å². The molecule has 0 saturated carbocycles. The van der Waals surface area contributed by atoms with Gasteiger partial charge in [-0.05, 0) is 42.8 Å². The van der Waals surface area contributed by atoms with Crippen LogP contribution in [-0.2, 0) is 6.54 Å². The van der Waals surface area contributed by atoms with Gasteiger partial charge >= 0.3 is 0 Å². The van der Waals surface area contributed by atoms with Crippen molar-refractivity contribution < 1.29 is 0 Å². The summed E-state index contributed by atoms with van der Waals surface area (Å²) >= 11 is 7.87. The number of H-pyrrole nitrogens is 1. The van der Waals surface area contributed by atoms with Crippen LogP contribution >= 0.6 is 22.9 Å². The lowest BCUT2D eigenvalue weighted by Gasteiger charge is -2.18. The molecule has 0 aliphatic carbocycles. The maximum Gasteiger partial charge on any atom is 0.253 e. The van der Waals surface area contributed by atoms with Crippen molar-refractivity contribution in [3.63, 3.8) is 0 Å². The first-order chi connectivity index (χ1) is 16.6. The summed E-state index contributed by atoms with van der Waals surface area (Å²) in [6.45, 7) is 4.57. The predicted octanol–water partition coefficient (Wildman–Crippen LogP) is 4.55. The fraction of sp³-hybridized carbons (Fsp3) is 0.130. The molecule has 4 heterocycles. The number of aromatic nitrogens is 7. The molecule has 0 fully saturated rings. The monoisotopic (exact) mass is 487 g/mol. The first-order valence-corrected chi connectivity index (χ1v) is 11.7. The number of fused-ring (bicyclic) bond motifs is 3. The summed E-state index contributed by atoms with van der Waals surface area (Å²) in [6.07, 6.45) is 0. The molecule has 0 spiro atoms. The van der Waals surface area contributed by atoms with Crippen LogP contribution in [0.5, 0.6) is 0 Å². The Morgan fingerprint density at radius 3 is 2.44 bits per heavy atom. The number of aryl methyl sites for hydroxylation is 2. The van der Waals surface area contributed by atoms with E-state index in [9.17, 15) is 0 Å². The minimum absolute atomic E-state index is 0.510. The summed E-state index contributed by atoms with van der Waals surface area (Å²) in [7, 11) is 0. The number of nitrogens with one attached hydrogen (secondary N) is 1. The van der Waals surface area contributed by atoms with Crippen LogP contribution < -0.4 is 5.01 Å². The average Bonchev–Trinajstić information content (AvgIpc) is 3.57. The summed E-state index contributed by atoms with van der Waals surface area (Å²) in [5, 5.41) is 31.8. The zero-order valence-electron chi connectivity index (χ0n) is 18.3. The van der Waals surface area contributed by atoms with Crippen molar-refractivity contribution >= 4 is 34.6 Å². The van der Waals surface area contributed by atoms with E-state index in [4.69, 9.17) is 16.7 Å². The molecule has 0 radical (unpaired) electrons. The molecule has 0 bridgehead atoms. The zero-order valence-corrected chi connectivity index (χ0v) is 19.8. The minimum atomic E-state index is 0.510. The van der Waals surface area contributed by atoms with Gasteiger partial charge in [0, 0.05) is 26.6 Å². The molecule has 0 unspecified atom stereocenters. The number of halogens is 1. The molecule has 0 atom stereocenters. The van der Waals surface area contributed by atoms with Gasteiger partial charge in [0.1, 0.15) is 16.5 Å². The molecular formula is C23H18ClN9S. The molecule has 0 saturated heterocycles. The van der Waals surface area contributed by atoms with Crippen molar-refractivity contribution in [1.29, 1.82) is 0 Å². The van der Waals surface area contributed by atoms with Crippen LogP contribution in [0.15, 0.2) is 59.7 Å². The Bertz CT molecular complexity index is 1500. The van der Waals surface area contributed by atoms with Crippen LogP contribution in [0.2, 0.25) is 5.02 Å². The molecule has 1 aliphatic heterocycles. The smallest absolute Gasteiger partial charge is 0.253 e. The van der Waals surface area contributed by atoms with E-state index >= 15 is 0 Å². The summed E-state index contributed by atoms with van der Waals surface area (Å²) in [5.41, 5.74) is 4.83. The summed E-state index contributed by atoms with van der Waals surface area (Å²) < 4.78 is 2.08. The number of thiophene rings is 1. The highest BCUT2D eigenvalue weighted by molar-refractivity contribution is 7.15. The molecule has 3 aromatic heterocycles. The van der Waals surface area contributed by atoms with Gasteiger partial charge in [0.15, 0.2) is 0 Å². The lowest BCUT2D eigenvalue weighted by molar-refractivity contribution is 0.798. The quantitative estimate of drug-likeness (QED) is 0.399. The lowest BCUT2D eigenvalue weighted by Crippen LogP contribution is -2.20. The Hall–Kier alpha value is -3.89. The van der Waals surface area contributed by atoms with E-state index in [2.05, 4.69) is 48.4 Å². The lowest BCUT2D eigenvalue weighted by atomic mass is 10.0. The number of anilines is 1. The normalized spacial score (nSPS) is 12.8. The van der Waals surface area contributed by atoms with Gasteiger partial charge in [0.2, 0.25) is 5.82 Å². The van der Waals surface area contributed by atoms with Crippen molar-refractivity contribution in [3.05, 3.63) is 87.0 Å². The van der Waals surface area contributed by atoms with E-state index in [-0.39, 0.29) is 0 Å². The second-order valence-electron chi connectivity index (χ2n) is 7.90. The van der Waals surface area contributed by atoms with E-state index in [1.807, 2.05) is 60.5 Å². The third-order valence-corrected chi connectivity index (χ3v) is 6.85. The number of hydrazone groups is 1. The average molecular weight is 488 g/mol. The van der Waals surface area contributed by atoms with E-state index < -0.39 is 0 Å². The Kier molecular flexibility index (Phi) is 4.96. The van der Waals surface area contributed by atoms with Crippen LogP contribution in [0.4, 0.5) is 5.95 Å². The second-order valence-corrected chi connectivity index (χ2v) is 9.58. The van der Waals surface area contributed by atoms with Crippen LogP contribution in [0.3, 0.4) is 0 Å². The largest absolute Gasteiger partial charge is 0.254 e. The van der Waals surface area contributed by atoms with Gasteiger partial charge in [0.25, 0.3) is 5.95 Å². The number of tetrazole rings is 1. The Balaban J connectivity index is 1.46. The van der Waals surface area contributed by atoms with Crippen molar-refractivity contribution in [2.24, 2.45) is 5.10 Å². The molecule has 1 aliphatic rings. The van der Waals surface area contributed by atoms with E-state index in [0.29, 0.717) is 23.3 Å². The van der Waals surface area contributed by atoms with Gasteiger partial charge < -0.3 is 0 Å². The van der Waals surface area contributed by atoms with Crippen molar-refractivity contribution in [2.75, 3.05) is 5.01 Å². The Labute approximate surface area is 203 Å². The fourth-order valence-corrected chi connectivity index (χ4v) is 5.13. The van der Waals surface area contributed by atoms with Gasteiger partial charge in [-0.15, -0.1) is 31.7 Å². The number of aromatic amines is 1. The van der Waals surface area contributed by atoms with Crippen LogP contribution in [-0.4, -0.2) is 41.1 Å². The molecule has 5 aromatic rings. The highest BCUT2D eigenvalue weighted by Crippen LogP contribution is 2.36. The maximum absolute atomic E-state index is 6.16. The van der Waals surface area contributed by atoms with Gasteiger partial charge in [0.05, 0.1) is 6.54 Å². The zero-order chi connectivity index (χ0) is 23.2. The molecule has 2 aromatic carbocycles. The van der Waals surface area contributed by atoms with Gasteiger partial charge in [-0.3, -0.25) is 4.57 Å². The summed E-state index contributed by atoms with van der Waals surface area (Å²) in [5.74, 6) is 2.04. The van der Waals surface area contributed by atoms with Crippen molar-refractivity contribution in [3.8, 4) is 16.4 Å². The van der Waals surface area contributed by atoms with Crippen LogP contribution in [0.25, 0.3) is 16.4 Å². The summed E-state index contributed by atoms with van der Waals surface area (Å²) in [4.78, 5) is 1.19. The van der Waals surface area contributed by atoms with E-state index in [0.717, 1.165) is 38.8 Å². The van der Waals surface area contributed by atoms with Crippen LogP contribution in [0, 0.1) is 13.8 Å². The van der Waals surface area contributed by atoms with E-state index in [1.54, 1.807) is 11.3 Å². The number of nitrogens with zero attached hydrogens (tertiary/aromatic N) is 8. The van der Waals surface area contributed by atoms with Gasteiger partial charge in [-0.1, -0.05) is 48.0 Å². The SMILES string of the molecule is Cc1cc2c(s1)-n1c(C)nnc1N(Cc1ccc(-c3nn[nH]n3)cc1)N=C2c1ccc(Cl)cc1. The Morgan fingerprint density at radius 1 is 0.941 bits per heavy atom. The van der Waals surface area contributed by atoms with Crippen molar-refractivity contribution in [2.45, 2.75) is 20.4 Å². The first kappa shape index (κ1) is 20.7. The molecule has 0 amide bonds. The number of hydrogen-bond donors (Lipinski definition) is 1. The third-order valence-electron chi connectivity index (χ3n) is 5.56. The standard InChI is InChI=1S/C23H18ClN9S/c1-13-11-19-20(16-7-9-18(24)10-8-16)29-32(23-28-25-14(2)33(23)22(19)34-13)12-15-3-5-17(6-4-15)21-26-30-31-27-21/h3-11H,12H2,1-2H3,(H,26,27,30,31).